The third-order valence-electron chi connectivity index (χ3n) is 4.28. The van der Waals surface area contributed by atoms with Crippen LogP contribution in [0.1, 0.15) is 19.3 Å². The Bertz CT molecular complexity index is 514. The first-order chi connectivity index (χ1) is 7.95. The molecule has 1 aromatic rings. The van der Waals surface area contributed by atoms with Crippen molar-refractivity contribution < 1.29 is 0 Å². The van der Waals surface area contributed by atoms with Gasteiger partial charge < -0.3 is 4.57 Å². The molecule has 16 heavy (non-hydrogen) atoms. The summed E-state index contributed by atoms with van der Waals surface area (Å²) in [6.45, 7) is 0. The van der Waals surface area contributed by atoms with Crippen LogP contribution in [0.4, 0.5) is 0 Å². The molecule has 3 aliphatic rings. The number of allylic oxidation sites excluding steroid dienone is 6. The van der Waals surface area contributed by atoms with Crippen LogP contribution in [0.15, 0.2) is 53.9 Å². The quantitative estimate of drug-likeness (QED) is 0.665. The van der Waals surface area contributed by atoms with Crippen molar-refractivity contribution >= 4 is 5.70 Å². The summed E-state index contributed by atoms with van der Waals surface area (Å²) < 4.78 is 2.28. The summed E-state index contributed by atoms with van der Waals surface area (Å²) in [5.41, 5.74) is 4.84. The van der Waals surface area contributed by atoms with Gasteiger partial charge in [-0.2, -0.15) is 0 Å². The maximum atomic E-state index is 2.33. The van der Waals surface area contributed by atoms with E-state index in [9.17, 15) is 0 Å². The summed E-state index contributed by atoms with van der Waals surface area (Å²) in [7, 11) is 0. The Labute approximate surface area is 95.8 Å². The fraction of sp³-hybridized carbons (Fsp3) is 0.333. The zero-order valence-electron chi connectivity index (χ0n) is 9.26. The van der Waals surface area contributed by atoms with E-state index in [0.29, 0.717) is 5.92 Å². The Balaban J connectivity index is 1.81. The first-order valence-electron chi connectivity index (χ1n) is 6.20. The van der Waals surface area contributed by atoms with Crippen LogP contribution >= 0.6 is 0 Å². The topological polar surface area (TPSA) is 4.93 Å². The van der Waals surface area contributed by atoms with E-state index in [2.05, 4.69) is 47.3 Å². The highest BCUT2D eigenvalue weighted by Crippen LogP contribution is 2.56. The highest BCUT2D eigenvalue weighted by atomic mass is 15.0. The molecule has 1 nitrogen and oxygen atoms in total. The number of fused-ring (bicyclic) bond motifs is 3. The molecule has 3 aliphatic carbocycles. The molecule has 0 bridgehead atoms. The van der Waals surface area contributed by atoms with E-state index >= 15 is 0 Å². The summed E-state index contributed by atoms with van der Waals surface area (Å²) in [6.07, 6.45) is 15.3. The maximum absolute atomic E-state index is 2.33. The van der Waals surface area contributed by atoms with Crippen molar-refractivity contribution in [3.05, 3.63) is 53.9 Å². The van der Waals surface area contributed by atoms with Crippen molar-refractivity contribution in [1.29, 1.82) is 0 Å². The fourth-order valence-corrected chi connectivity index (χ4v) is 3.60. The standard InChI is InChI=1S/C15H15N/c1-2-10-16(9-1)14-8-4-7-13-11-5-3-6-12(11)15(13)14/h1-2,4,7-10,12,15H,3,5-6H2. The zero-order chi connectivity index (χ0) is 10.5. The van der Waals surface area contributed by atoms with Crippen molar-refractivity contribution in [3.63, 3.8) is 0 Å². The molecule has 0 saturated heterocycles. The van der Waals surface area contributed by atoms with E-state index in [0.717, 1.165) is 5.92 Å². The van der Waals surface area contributed by atoms with E-state index in [-0.39, 0.29) is 0 Å². The smallest absolute Gasteiger partial charge is 0.0311 e. The van der Waals surface area contributed by atoms with Gasteiger partial charge in [0, 0.05) is 24.0 Å². The van der Waals surface area contributed by atoms with Gasteiger partial charge in [-0.25, -0.2) is 0 Å². The molecule has 80 valence electrons. The second-order valence-corrected chi connectivity index (χ2v) is 5.00. The second-order valence-electron chi connectivity index (χ2n) is 5.00. The fourth-order valence-electron chi connectivity index (χ4n) is 3.60. The Morgan fingerprint density at radius 1 is 1.19 bits per heavy atom. The van der Waals surface area contributed by atoms with Crippen LogP contribution in [0.5, 0.6) is 0 Å². The minimum absolute atomic E-state index is 0.690. The summed E-state index contributed by atoms with van der Waals surface area (Å²) in [6, 6.07) is 4.22. The molecule has 1 heteroatoms. The number of hydrogen-bond acceptors (Lipinski definition) is 0. The van der Waals surface area contributed by atoms with Crippen molar-refractivity contribution in [2.45, 2.75) is 19.3 Å². The zero-order valence-corrected chi connectivity index (χ0v) is 9.26. The molecule has 1 fully saturated rings. The first kappa shape index (κ1) is 8.63. The molecule has 0 spiro atoms. The van der Waals surface area contributed by atoms with Gasteiger partial charge in [0.15, 0.2) is 0 Å². The molecule has 0 aromatic carbocycles. The summed E-state index contributed by atoms with van der Waals surface area (Å²) >= 11 is 0. The normalized spacial score (nSPS) is 30.9. The second kappa shape index (κ2) is 3.00. The lowest BCUT2D eigenvalue weighted by Gasteiger charge is -2.41. The molecule has 0 amide bonds. The van der Waals surface area contributed by atoms with Gasteiger partial charge in [0.05, 0.1) is 0 Å². The predicted molar refractivity (Wildman–Crippen MR) is 65.7 cm³/mol. The van der Waals surface area contributed by atoms with Crippen LogP contribution in [0.2, 0.25) is 0 Å². The van der Waals surface area contributed by atoms with Crippen LogP contribution in [0, 0.1) is 11.8 Å². The van der Waals surface area contributed by atoms with Gasteiger partial charge in [0.2, 0.25) is 0 Å². The lowest BCUT2D eigenvalue weighted by atomic mass is 9.66. The van der Waals surface area contributed by atoms with Gasteiger partial charge in [0.25, 0.3) is 0 Å². The molecule has 0 aliphatic heterocycles. The molecule has 2 atom stereocenters. The summed E-state index contributed by atoms with van der Waals surface area (Å²) in [4.78, 5) is 0. The minimum atomic E-state index is 0.690. The van der Waals surface area contributed by atoms with Gasteiger partial charge in [-0.3, -0.25) is 0 Å². The summed E-state index contributed by atoms with van der Waals surface area (Å²) in [5, 5.41) is 0. The number of hydrogen-bond donors (Lipinski definition) is 0. The largest absolute Gasteiger partial charge is 0.327 e. The Morgan fingerprint density at radius 3 is 2.94 bits per heavy atom. The van der Waals surface area contributed by atoms with Crippen LogP contribution in [-0.4, -0.2) is 4.57 Å². The van der Waals surface area contributed by atoms with Gasteiger partial charge in [-0.1, -0.05) is 17.7 Å². The Kier molecular flexibility index (Phi) is 1.62. The average Bonchev–Trinajstić information content (AvgIpc) is 2.94. The van der Waals surface area contributed by atoms with E-state index in [1.807, 2.05) is 0 Å². The number of rotatable bonds is 1. The predicted octanol–water partition coefficient (Wildman–Crippen LogP) is 3.63. The highest BCUT2D eigenvalue weighted by Gasteiger charge is 2.44. The molecule has 4 rings (SSSR count). The highest BCUT2D eigenvalue weighted by molar-refractivity contribution is 5.67. The van der Waals surface area contributed by atoms with Crippen molar-refractivity contribution in [2.24, 2.45) is 11.8 Å². The lowest BCUT2D eigenvalue weighted by molar-refractivity contribution is 0.459. The molecule has 1 saturated carbocycles. The monoisotopic (exact) mass is 209 g/mol. The minimum Gasteiger partial charge on any atom is -0.327 e. The van der Waals surface area contributed by atoms with Gasteiger partial charge in [0.1, 0.15) is 0 Å². The molecule has 0 N–H and O–H groups in total. The Hall–Kier alpha value is -1.50. The molecule has 2 unspecified atom stereocenters. The van der Waals surface area contributed by atoms with E-state index < -0.39 is 0 Å². The van der Waals surface area contributed by atoms with E-state index in [1.54, 1.807) is 11.1 Å². The van der Waals surface area contributed by atoms with Gasteiger partial charge in [-0.05, 0) is 49.0 Å². The third kappa shape index (κ3) is 0.960. The average molecular weight is 209 g/mol. The molecular weight excluding hydrogens is 194 g/mol. The Morgan fingerprint density at radius 2 is 2.06 bits per heavy atom. The van der Waals surface area contributed by atoms with Crippen LogP contribution in [0.3, 0.4) is 0 Å². The van der Waals surface area contributed by atoms with Gasteiger partial charge >= 0.3 is 0 Å². The lowest BCUT2D eigenvalue weighted by Crippen LogP contribution is -2.30. The van der Waals surface area contributed by atoms with Crippen LogP contribution < -0.4 is 0 Å². The molecule has 1 aromatic heterocycles. The molecular formula is C15H15N. The summed E-state index contributed by atoms with van der Waals surface area (Å²) in [5.74, 6) is 1.54. The molecule has 0 radical (unpaired) electrons. The van der Waals surface area contributed by atoms with Crippen LogP contribution in [0.25, 0.3) is 5.70 Å². The van der Waals surface area contributed by atoms with E-state index in [1.165, 1.54) is 25.0 Å². The van der Waals surface area contributed by atoms with Crippen molar-refractivity contribution in [2.75, 3.05) is 0 Å². The van der Waals surface area contributed by atoms with Crippen molar-refractivity contribution in [1.82, 2.24) is 4.57 Å². The molecule has 1 heterocycles. The van der Waals surface area contributed by atoms with Crippen molar-refractivity contribution in [3.8, 4) is 0 Å². The third-order valence-corrected chi connectivity index (χ3v) is 4.28. The van der Waals surface area contributed by atoms with E-state index in [4.69, 9.17) is 0 Å². The SMILES string of the molecule is C1=CC2=C3CCCC3C2C(n2cccc2)=C1. The number of nitrogens with zero attached hydrogens (tertiary/aromatic N) is 1. The van der Waals surface area contributed by atoms with Gasteiger partial charge in [-0.15, -0.1) is 0 Å². The number of aromatic nitrogens is 1. The van der Waals surface area contributed by atoms with Crippen LogP contribution in [-0.2, 0) is 0 Å². The first-order valence-corrected chi connectivity index (χ1v) is 6.20. The maximum Gasteiger partial charge on any atom is 0.0311 e.